The van der Waals surface area contributed by atoms with Gasteiger partial charge in [0, 0.05) is 23.8 Å². The van der Waals surface area contributed by atoms with Crippen LogP contribution in [0.3, 0.4) is 0 Å². The van der Waals surface area contributed by atoms with Gasteiger partial charge in [0.1, 0.15) is 5.75 Å². The largest absolute Gasteiger partial charge is 0.494 e. The van der Waals surface area contributed by atoms with Crippen molar-refractivity contribution in [3.63, 3.8) is 0 Å². The molecule has 1 unspecified atom stereocenters. The molecule has 1 saturated heterocycles. The minimum atomic E-state index is -3.82. The summed E-state index contributed by atoms with van der Waals surface area (Å²) in [7, 11) is -3.82. The van der Waals surface area contributed by atoms with Crippen LogP contribution in [0, 0.1) is 0 Å². The van der Waals surface area contributed by atoms with Crippen LogP contribution in [-0.2, 0) is 10.0 Å². The maximum absolute atomic E-state index is 12.8. The molecule has 180 valence electrons. The van der Waals surface area contributed by atoms with E-state index in [2.05, 4.69) is 21.9 Å². The van der Waals surface area contributed by atoms with Gasteiger partial charge in [0.25, 0.3) is 15.9 Å². The maximum Gasteiger partial charge on any atom is 0.261 e. The highest BCUT2D eigenvalue weighted by atomic mass is 32.2. The Hall–Kier alpha value is -2.58. The SMILES string of the molecule is CCOc1ccc(NS(=O)(=O)c2cccc(C(=O)NCCCCN3CCCCC3C)c2)cc1. The van der Waals surface area contributed by atoms with Gasteiger partial charge in [0.2, 0.25) is 0 Å². The minimum Gasteiger partial charge on any atom is -0.494 e. The molecule has 2 aromatic carbocycles. The van der Waals surface area contributed by atoms with Gasteiger partial charge < -0.3 is 15.0 Å². The topological polar surface area (TPSA) is 87.7 Å². The highest BCUT2D eigenvalue weighted by Gasteiger charge is 2.18. The predicted octanol–water partition coefficient (Wildman–Crippen LogP) is 4.27. The molecular formula is C25H35N3O4S. The fraction of sp³-hybridized carbons (Fsp3) is 0.480. The molecule has 7 nitrogen and oxygen atoms in total. The first-order valence-electron chi connectivity index (χ1n) is 11.8. The van der Waals surface area contributed by atoms with Crippen molar-refractivity contribution >= 4 is 21.6 Å². The molecule has 3 rings (SSSR count). The molecule has 0 aliphatic carbocycles. The van der Waals surface area contributed by atoms with Gasteiger partial charge >= 0.3 is 0 Å². The third-order valence-electron chi connectivity index (χ3n) is 5.92. The zero-order valence-electron chi connectivity index (χ0n) is 19.5. The Morgan fingerprint density at radius 1 is 1.12 bits per heavy atom. The molecule has 2 N–H and O–H groups in total. The second kappa shape index (κ2) is 12.0. The Kier molecular flexibility index (Phi) is 9.14. The molecule has 0 spiro atoms. The van der Waals surface area contributed by atoms with E-state index < -0.39 is 10.0 Å². The molecular weight excluding hydrogens is 438 g/mol. The van der Waals surface area contributed by atoms with Gasteiger partial charge in [0.15, 0.2) is 0 Å². The lowest BCUT2D eigenvalue weighted by molar-refractivity contribution is 0.0951. The lowest BCUT2D eigenvalue weighted by Gasteiger charge is -2.33. The Bertz CT molecular complexity index is 1010. The number of nitrogens with zero attached hydrogens (tertiary/aromatic N) is 1. The summed E-state index contributed by atoms with van der Waals surface area (Å²) in [6.45, 7) is 7.50. The predicted molar refractivity (Wildman–Crippen MR) is 131 cm³/mol. The van der Waals surface area contributed by atoms with Crippen molar-refractivity contribution < 1.29 is 17.9 Å². The van der Waals surface area contributed by atoms with E-state index in [-0.39, 0.29) is 10.8 Å². The van der Waals surface area contributed by atoms with E-state index in [1.807, 2.05) is 6.92 Å². The van der Waals surface area contributed by atoms with Crippen molar-refractivity contribution in [1.82, 2.24) is 10.2 Å². The number of carbonyl (C=O) groups excluding carboxylic acids is 1. The zero-order chi connectivity index (χ0) is 23.7. The van der Waals surface area contributed by atoms with Gasteiger partial charge in [-0.1, -0.05) is 12.5 Å². The quantitative estimate of drug-likeness (QED) is 0.476. The molecule has 1 heterocycles. The van der Waals surface area contributed by atoms with Gasteiger partial charge in [-0.25, -0.2) is 8.42 Å². The van der Waals surface area contributed by atoms with E-state index in [1.165, 1.54) is 37.9 Å². The van der Waals surface area contributed by atoms with Crippen molar-refractivity contribution in [2.24, 2.45) is 0 Å². The molecule has 8 heteroatoms. The number of piperidine rings is 1. The van der Waals surface area contributed by atoms with Crippen molar-refractivity contribution in [2.45, 2.75) is 56.9 Å². The number of benzene rings is 2. The average molecular weight is 474 g/mol. The summed E-state index contributed by atoms with van der Waals surface area (Å²) in [5.41, 5.74) is 0.755. The lowest BCUT2D eigenvalue weighted by Crippen LogP contribution is -2.38. The van der Waals surface area contributed by atoms with Crippen LogP contribution in [0.5, 0.6) is 5.75 Å². The highest BCUT2D eigenvalue weighted by molar-refractivity contribution is 7.92. The first-order valence-corrected chi connectivity index (χ1v) is 13.3. The first kappa shape index (κ1) is 25.1. The summed E-state index contributed by atoms with van der Waals surface area (Å²) in [5.74, 6) is 0.406. The summed E-state index contributed by atoms with van der Waals surface area (Å²) in [6.07, 6.45) is 5.78. The Morgan fingerprint density at radius 2 is 1.91 bits per heavy atom. The molecule has 1 atom stereocenters. The third kappa shape index (κ3) is 7.47. The first-order chi connectivity index (χ1) is 15.9. The number of ether oxygens (including phenoxy) is 1. The maximum atomic E-state index is 12.8. The monoisotopic (exact) mass is 473 g/mol. The van der Waals surface area contributed by atoms with Crippen LogP contribution in [0.2, 0.25) is 0 Å². The number of nitrogens with one attached hydrogen (secondary N) is 2. The van der Waals surface area contributed by atoms with Crippen LogP contribution in [0.15, 0.2) is 53.4 Å². The Balaban J connectivity index is 1.50. The van der Waals surface area contributed by atoms with E-state index in [4.69, 9.17) is 4.74 Å². The van der Waals surface area contributed by atoms with E-state index >= 15 is 0 Å². The Morgan fingerprint density at radius 3 is 2.64 bits per heavy atom. The van der Waals surface area contributed by atoms with E-state index in [9.17, 15) is 13.2 Å². The van der Waals surface area contributed by atoms with E-state index in [1.54, 1.807) is 36.4 Å². The molecule has 2 aromatic rings. The highest BCUT2D eigenvalue weighted by Crippen LogP contribution is 2.20. The summed E-state index contributed by atoms with van der Waals surface area (Å²) < 4.78 is 33.5. The minimum absolute atomic E-state index is 0.0446. The van der Waals surface area contributed by atoms with Gasteiger partial charge in [-0.15, -0.1) is 0 Å². The van der Waals surface area contributed by atoms with Gasteiger partial charge in [-0.3, -0.25) is 9.52 Å². The summed E-state index contributed by atoms with van der Waals surface area (Å²) >= 11 is 0. The van der Waals surface area contributed by atoms with E-state index in [0.29, 0.717) is 36.2 Å². The summed E-state index contributed by atoms with van der Waals surface area (Å²) in [6, 6.07) is 13.4. The average Bonchev–Trinajstić information content (AvgIpc) is 2.81. The van der Waals surface area contributed by atoms with Crippen molar-refractivity contribution in [3.05, 3.63) is 54.1 Å². The van der Waals surface area contributed by atoms with E-state index in [0.717, 1.165) is 19.4 Å². The second-order valence-electron chi connectivity index (χ2n) is 8.43. The summed E-state index contributed by atoms with van der Waals surface area (Å²) in [4.78, 5) is 15.1. The van der Waals surface area contributed by atoms with Gasteiger partial charge in [-0.05, 0) is 95.1 Å². The van der Waals surface area contributed by atoms with Crippen LogP contribution in [-0.4, -0.2) is 51.5 Å². The van der Waals surface area contributed by atoms with Crippen molar-refractivity contribution in [2.75, 3.05) is 31.0 Å². The summed E-state index contributed by atoms with van der Waals surface area (Å²) in [5, 5.41) is 2.91. The third-order valence-corrected chi connectivity index (χ3v) is 7.30. The fourth-order valence-corrected chi connectivity index (χ4v) is 5.14. The molecule has 0 aromatic heterocycles. The number of hydrogen-bond acceptors (Lipinski definition) is 5. The van der Waals surface area contributed by atoms with Crippen LogP contribution in [0.4, 0.5) is 5.69 Å². The number of rotatable bonds is 11. The molecule has 0 saturated carbocycles. The Labute approximate surface area is 197 Å². The standard InChI is InChI=1S/C25H35N3O4S/c1-3-32-23-14-12-22(13-15-23)27-33(30,31)24-11-8-10-21(19-24)25(29)26-16-5-7-18-28-17-6-4-9-20(28)2/h8,10-15,19-20,27H,3-7,9,16-18H2,1-2H3,(H,26,29). The molecule has 33 heavy (non-hydrogen) atoms. The molecule has 1 aliphatic heterocycles. The van der Waals surface area contributed by atoms with Crippen LogP contribution in [0.1, 0.15) is 56.3 Å². The molecule has 1 aliphatic rings. The fourth-order valence-electron chi connectivity index (χ4n) is 4.04. The molecule has 1 amide bonds. The smallest absolute Gasteiger partial charge is 0.261 e. The molecule has 1 fully saturated rings. The number of amides is 1. The van der Waals surface area contributed by atoms with Crippen LogP contribution in [0.25, 0.3) is 0 Å². The lowest BCUT2D eigenvalue weighted by atomic mass is 10.0. The van der Waals surface area contributed by atoms with Crippen LogP contribution < -0.4 is 14.8 Å². The van der Waals surface area contributed by atoms with Gasteiger partial charge in [-0.2, -0.15) is 0 Å². The zero-order valence-corrected chi connectivity index (χ0v) is 20.4. The number of unbranched alkanes of at least 4 members (excludes halogenated alkanes) is 1. The van der Waals surface area contributed by atoms with Gasteiger partial charge in [0.05, 0.1) is 11.5 Å². The number of sulfonamides is 1. The second-order valence-corrected chi connectivity index (χ2v) is 10.1. The normalized spacial score (nSPS) is 16.8. The van der Waals surface area contributed by atoms with Crippen LogP contribution >= 0.6 is 0 Å². The van der Waals surface area contributed by atoms with Crippen molar-refractivity contribution in [1.29, 1.82) is 0 Å². The molecule has 0 radical (unpaired) electrons. The van der Waals surface area contributed by atoms with Crippen molar-refractivity contribution in [3.8, 4) is 5.75 Å². The number of hydrogen-bond donors (Lipinski definition) is 2. The number of likely N-dealkylation sites (tertiary alicyclic amines) is 1. The number of carbonyl (C=O) groups is 1. The molecule has 0 bridgehead atoms. The number of anilines is 1.